The number of nitriles is 1. The first kappa shape index (κ1) is 12.8. The summed E-state index contributed by atoms with van der Waals surface area (Å²) in [7, 11) is 1.64. The van der Waals surface area contributed by atoms with Gasteiger partial charge in [0, 0.05) is 11.4 Å². The van der Waals surface area contributed by atoms with Crippen LogP contribution in [0.15, 0.2) is 36.4 Å². The van der Waals surface area contributed by atoms with Crippen LogP contribution in [0.1, 0.15) is 11.1 Å². The lowest BCUT2D eigenvalue weighted by molar-refractivity contribution is 0.412. The van der Waals surface area contributed by atoms with Crippen molar-refractivity contribution in [2.24, 2.45) is 0 Å². The smallest absolute Gasteiger partial charge is 0.121 e. The standard InChI is InChI=1S/C15H15N3O/c1-10-7-13(4-6-15(10)19-2)18-14-5-3-12(17)8-11(14)9-16/h3-8,18H,17H2,1-2H3. The number of nitrogens with zero attached hydrogens (tertiary/aromatic N) is 1. The molecule has 0 heterocycles. The number of aryl methyl sites for hydroxylation is 1. The average Bonchev–Trinajstić information content (AvgIpc) is 2.41. The zero-order valence-electron chi connectivity index (χ0n) is 10.9. The van der Waals surface area contributed by atoms with Gasteiger partial charge in [0.15, 0.2) is 0 Å². The van der Waals surface area contributed by atoms with Crippen LogP contribution in [0, 0.1) is 18.3 Å². The molecule has 2 rings (SSSR count). The van der Waals surface area contributed by atoms with Crippen LogP contribution in [-0.2, 0) is 0 Å². The molecule has 4 nitrogen and oxygen atoms in total. The predicted octanol–water partition coefficient (Wildman–Crippen LogP) is 3.20. The van der Waals surface area contributed by atoms with E-state index in [1.165, 1.54) is 0 Å². The monoisotopic (exact) mass is 253 g/mol. The molecule has 0 radical (unpaired) electrons. The summed E-state index contributed by atoms with van der Waals surface area (Å²) < 4.78 is 5.21. The summed E-state index contributed by atoms with van der Waals surface area (Å²) >= 11 is 0. The second kappa shape index (κ2) is 5.32. The van der Waals surface area contributed by atoms with E-state index >= 15 is 0 Å². The Bertz CT molecular complexity index is 644. The van der Waals surface area contributed by atoms with Gasteiger partial charge in [0.2, 0.25) is 0 Å². The maximum Gasteiger partial charge on any atom is 0.121 e. The molecule has 0 aliphatic carbocycles. The van der Waals surface area contributed by atoms with Gasteiger partial charge in [-0.3, -0.25) is 0 Å². The van der Waals surface area contributed by atoms with Crippen molar-refractivity contribution in [3.05, 3.63) is 47.5 Å². The highest BCUT2D eigenvalue weighted by Crippen LogP contribution is 2.26. The van der Waals surface area contributed by atoms with E-state index in [2.05, 4.69) is 11.4 Å². The van der Waals surface area contributed by atoms with Gasteiger partial charge in [-0.25, -0.2) is 0 Å². The fourth-order valence-electron chi connectivity index (χ4n) is 1.88. The molecule has 0 atom stereocenters. The van der Waals surface area contributed by atoms with E-state index in [0.29, 0.717) is 11.3 Å². The number of nitrogens with two attached hydrogens (primary N) is 1. The lowest BCUT2D eigenvalue weighted by Crippen LogP contribution is -1.96. The van der Waals surface area contributed by atoms with E-state index in [-0.39, 0.29) is 0 Å². The third-order valence-corrected chi connectivity index (χ3v) is 2.84. The van der Waals surface area contributed by atoms with E-state index in [9.17, 15) is 0 Å². The number of nitrogens with one attached hydrogen (secondary N) is 1. The first-order valence-corrected chi connectivity index (χ1v) is 5.85. The Kier molecular flexibility index (Phi) is 3.58. The van der Waals surface area contributed by atoms with Crippen LogP contribution in [0.5, 0.6) is 5.75 Å². The summed E-state index contributed by atoms with van der Waals surface area (Å²) in [6.45, 7) is 1.97. The highest BCUT2D eigenvalue weighted by molar-refractivity contribution is 5.70. The fraction of sp³-hybridized carbons (Fsp3) is 0.133. The Hall–Kier alpha value is -2.67. The quantitative estimate of drug-likeness (QED) is 0.824. The molecule has 0 aromatic heterocycles. The second-order valence-electron chi connectivity index (χ2n) is 4.23. The SMILES string of the molecule is COc1ccc(Nc2ccc(N)cc2C#N)cc1C. The third-order valence-electron chi connectivity index (χ3n) is 2.84. The topological polar surface area (TPSA) is 71.1 Å². The molecule has 0 aliphatic rings. The van der Waals surface area contributed by atoms with Gasteiger partial charge in [-0.1, -0.05) is 0 Å². The predicted molar refractivity (Wildman–Crippen MR) is 76.6 cm³/mol. The van der Waals surface area contributed by atoms with E-state index in [1.54, 1.807) is 25.3 Å². The molecule has 0 aliphatic heterocycles. The fourth-order valence-corrected chi connectivity index (χ4v) is 1.88. The van der Waals surface area contributed by atoms with Crippen molar-refractivity contribution in [1.29, 1.82) is 5.26 Å². The van der Waals surface area contributed by atoms with Crippen LogP contribution in [0.3, 0.4) is 0 Å². The summed E-state index contributed by atoms with van der Waals surface area (Å²) in [4.78, 5) is 0. The van der Waals surface area contributed by atoms with Crippen molar-refractivity contribution in [2.75, 3.05) is 18.2 Å². The average molecular weight is 253 g/mol. The van der Waals surface area contributed by atoms with Crippen LogP contribution < -0.4 is 15.8 Å². The molecule has 19 heavy (non-hydrogen) atoms. The molecule has 0 saturated carbocycles. The Morgan fingerprint density at radius 1 is 1.21 bits per heavy atom. The third kappa shape index (κ3) is 2.78. The van der Waals surface area contributed by atoms with Crippen LogP contribution in [-0.4, -0.2) is 7.11 Å². The van der Waals surface area contributed by atoms with Crippen molar-refractivity contribution in [3.8, 4) is 11.8 Å². The van der Waals surface area contributed by atoms with Gasteiger partial charge in [-0.05, 0) is 48.9 Å². The summed E-state index contributed by atoms with van der Waals surface area (Å²) in [6, 6.07) is 13.1. The lowest BCUT2D eigenvalue weighted by atomic mass is 10.1. The zero-order chi connectivity index (χ0) is 13.8. The van der Waals surface area contributed by atoms with Crippen LogP contribution in [0.2, 0.25) is 0 Å². The number of hydrogen-bond acceptors (Lipinski definition) is 4. The van der Waals surface area contributed by atoms with Crippen molar-refractivity contribution < 1.29 is 4.74 Å². The van der Waals surface area contributed by atoms with E-state index in [4.69, 9.17) is 15.7 Å². The van der Waals surface area contributed by atoms with Crippen molar-refractivity contribution >= 4 is 17.1 Å². The number of hydrogen-bond donors (Lipinski definition) is 2. The van der Waals surface area contributed by atoms with Gasteiger partial charge in [-0.2, -0.15) is 5.26 Å². The molecule has 2 aromatic rings. The highest BCUT2D eigenvalue weighted by atomic mass is 16.5. The van der Waals surface area contributed by atoms with Gasteiger partial charge >= 0.3 is 0 Å². The van der Waals surface area contributed by atoms with Gasteiger partial charge in [0.25, 0.3) is 0 Å². The number of ether oxygens (including phenoxy) is 1. The molecule has 0 fully saturated rings. The van der Waals surface area contributed by atoms with Gasteiger partial charge in [-0.15, -0.1) is 0 Å². The Balaban J connectivity index is 2.31. The first-order valence-electron chi connectivity index (χ1n) is 5.85. The Morgan fingerprint density at radius 2 is 2.00 bits per heavy atom. The number of benzene rings is 2. The maximum atomic E-state index is 9.09. The molecular formula is C15H15N3O. The van der Waals surface area contributed by atoms with Crippen LogP contribution in [0.4, 0.5) is 17.1 Å². The molecule has 0 unspecified atom stereocenters. The van der Waals surface area contributed by atoms with Gasteiger partial charge < -0.3 is 15.8 Å². The van der Waals surface area contributed by atoms with Crippen LogP contribution >= 0.6 is 0 Å². The minimum Gasteiger partial charge on any atom is -0.496 e. The molecule has 96 valence electrons. The summed E-state index contributed by atoms with van der Waals surface area (Å²) in [6.07, 6.45) is 0. The molecule has 0 bridgehead atoms. The van der Waals surface area contributed by atoms with Gasteiger partial charge in [0.05, 0.1) is 18.4 Å². The maximum absolute atomic E-state index is 9.09. The van der Waals surface area contributed by atoms with E-state index in [0.717, 1.165) is 22.7 Å². The largest absolute Gasteiger partial charge is 0.496 e. The molecule has 0 saturated heterocycles. The summed E-state index contributed by atoms with van der Waals surface area (Å²) in [5.41, 5.74) is 9.43. The molecule has 4 heteroatoms. The number of anilines is 3. The number of nitrogen functional groups attached to an aromatic ring is 1. The minimum absolute atomic E-state index is 0.522. The molecular weight excluding hydrogens is 238 g/mol. The normalized spacial score (nSPS) is 9.74. The molecule has 3 N–H and O–H groups in total. The Labute approximate surface area is 112 Å². The van der Waals surface area contributed by atoms with Crippen molar-refractivity contribution in [2.45, 2.75) is 6.92 Å². The second-order valence-corrected chi connectivity index (χ2v) is 4.23. The summed E-state index contributed by atoms with van der Waals surface area (Å²) in [5, 5.41) is 12.3. The van der Waals surface area contributed by atoms with Crippen molar-refractivity contribution in [1.82, 2.24) is 0 Å². The molecule has 0 amide bonds. The number of methoxy groups -OCH3 is 1. The van der Waals surface area contributed by atoms with Gasteiger partial charge in [0.1, 0.15) is 11.8 Å². The van der Waals surface area contributed by atoms with E-state index in [1.807, 2.05) is 25.1 Å². The highest BCUT2D eigenvalue weighted by Gasteiger charge is 2.04. The van der Waals surface area contributed by atoms with E-state index < -0.39 is 0 Å². The van der Waals surface area contributed by atoms with Crippen molar-refractivity contribution in [3.63, 3.8) is 0 Å². The molecule has 2 aromatic carbocycles. The Morgan fingerprint density at radius 3 is 2.63 bits per heavy atom. The first-order chi connectivity index (χ1) is 9.13. The summed E-state index contributed by atoms with van der Waals surface area (Å²) in [5.74, 6) is 0.836. The lowest BCUT2D eigenvalue weighted by Gasteiger charge is -2.11. The van der Waals surface area contributed by atoms with Crippen LogP contribution in [0.25, 0.3) is 0 Å². The zero-order valence-corrected chi connectivity index (χ0v) is 10.9. The minimum atomic E-state index is 0.522. The molecule has 0 spiro atoms. The number of rotatable bonds is 3.